The zero-order valence-corrected chi connectivity index (χ0v) is 17.6. The van der Waals surface area contributed by atoms with E-state index in [1.165, 1.54) is 0 Å². The van der Waals surface area contributed by atoms with Crippen LogP contribution in [0, 0.1) is 12.7 Å². The first-order valence-electron chi connectivity index (χ1n) is 8.75. The maximum Gasteiger partial charge on any atom is 0.271 e. The SMILES string of the molecule is CNC(=O)c1nn2c(c1C)CN(c1nc(Cl)nc3c(F)c(Br)ccc13)CCC2. The second kappa shape index (κ2) is 7.29. The number of aryl methyl sites for hydroxylation is 1. The molecule has 1 aliphatic heterocycles. The highest BCUT2D eigenvalue weighted by atomic mass is 79.9. The number of carbonyl (C=O) groups is 1. The van der Waals surface area contributed by atoms with Crippen molar-refractivity contribution in [1.29, 1.82) is 0 Å². The highest BCUT2D eigenvalue weighted by molar-refractivity contribution is 9.10. The number of rotatable bonds is 2. The van der Waals surface area contributed by atoms with Crippen molar-refractivity contribution in [2.45, 2.75) is 26.4 Å². The van der Waals surface area contributed by atoms with Crippen molar-refractivity contribution in [1.82, 2.24) is 25.1 Å². The quantitative estimate of drug-likeness (QED) is 0.584. The summed E-state index contributed by atoms with van der Waals surface area (Å²) in [7, 11) is 1.58. The predicted octanol–water partition coefficient (Wildman–Crippen LogP) is 3.46. The molecule has 0 unspecified atom stereocenters. The average molecular weight is 468 g/mol. The topological polar surface area (TPSA) is 75.9 Å². The van der Waals surface area contributed by atoms with Gasteiger partial charge in [-0.1, -0.05) is 0 Å². The summed E-state index contributed by atoms with van der Waals surface area (Å²) in [6, 6.07) is 3.41. The lowest BCUT2D eigenvalue weighted by molar-refractivity contribution is 0.0956. The van der Waals surface area contributed by atoms with Crippen LogP contribution in [0.25, 0.3) is 10.9 Å². The van der Waals surface area contributed by atoms with Crippen LogP contribution in [0.15, 0.2) is 16.6 Å². The molecule has 10 heteroatoms. The van der Waals surface area contributed by atoms with E-state index < -0.39 is 5.82 Å². The summed E-state index contributed by atoms with van der Waals surface area (Å²) in [6.45, 7) is 3.74. The van der Waals surface area contributed by atoms with E-state index >= 15 is 0 Å². The van der Waals surface area contributed by atoms with Crippen LogP contribution in [-0.4, -0.2) is 39.2 Å². The summed E-state index contributed by atoms with van der Waals surface area (Å²) in [4.78, 5) is 22.6. The summed E-state index contributed by atoms with van der Waals surface area (Å²) < 4.78 is 16.8. The highest BCUT2D eigenvalue weighted by Gasteiger charge is 2.25. The third-order valence-corrected chi connectivity index (χ3v) is 5.69. The first-order valence-corrected chi connectivity index (χ1v) is 9.92. The minimum atomic E-state index is -0.471. The van der Waals surface area contributed by atoms with Crippen LogP contribution in [0.3, 0.4) is 0 Å². The lowest BCUT2D eigenvalue weighted by atomic mass is 10.1. The van der Waals surface area contributed by atoms with Gasteiger partial charge < -0.3 is 10.2 Å². The number of halogens is 3. The van der Waals surface area contributed by atoms with Gasteiger partial charge in [-0.2, -0.15) is 10.1 Å². The molecular weight excluding hydrogens is 451 g/mol. The van der Waals surface area contributed by atoms with Gasteiger partial charge in [-0.05, 0) is 53.0 Å². The van der Waals surface area contributed by atoms with Crippen LogP contribution in [0.2, 0.25) is 5.28 Å². The van der Waals surface area contributed by atoms with E-state index in [4.69, 9.17) is 11.6 Å². The maximum absolute atomic E-state index is 14.6. The molecule has 0 fully saturated rings. The van der Waals surface area contributed by atoms with Crippen molar-refractivity contribution in [2.75, 3.05) is 18.5 Å². The van der Waals surface area contributed by atoms with Crippen molar-refractivity contribution in [3.8, 4) is 0 Å². The van der Waals surface area contributed by atoms with Crippen molar-refractivity contribution in [3.63, 3.8) is 0 Å². The van der Waals surface area contributed by atoms with E-state index in [9.17, 15) is 9.18 Å². The largest absolute Gasteiger partial charge is 0.354 e. The molecule has 3 aromatic rings. The Balaban J connectivity index is 1.82. The number of benzene rings is 1. The molecule has 7 nitrogen and oxygen atoms in total. The number of carbonyl (C=O) groups excluding carboxylic acids is 1. The molecule has 1 amide bonds. The van der Waals surface area contributed by atoms with Gasteiger partial charge in [-0.3, -0.25) is 9.48 Å². The first-order chi connectivity index (χ1) is 13.4. The lowest BCUT2D eigenvalue weighted by Crippen LogP contribution is -2.25. The van der Waals surface area contributed by atoms with Crippen LogP contribution in [-0.2, 0) is 13.1 Å². The van der Waals surface area contributed by atoms with Gasteiger partial charge in [0.25, 0.3) is 5.91 Å². The molecule has 0 atom stereocenters. The fourth-order valence-electron chi connectivity index (χ4n) is 3.49. The van der Waals surface area contributed by atoms with Crippen molar-refractivity contribution in [3.05, 3.63) is 44.7 Å². The Labute approximate surface area is 174 Å². The van der Waals surface area contributed by atoms with Crippen LogP contribution < -0.4 is 10.2 Å². The third-order valence-electron chi connectivity index (χ3n) is 4.91. The van der Waals surface area contributed by atoms with Gasteiger partial charge in [0, 0.05) is 31.1 Å². The summed E-state index contributed by atoms with van der Waals surface area (Å²) in [5.41, 5.74) is 2.34. The van der Waals surface area contributed by atoms with Gasteiger partial charge >= 0.3 is 0 Å². The standard InChI is InChI=1S/C18H17BrClFN6O/c1-9-12-8-26(6-3-7-27(12)25-14(9)17(28)22-2)16-10-4-5-11(19)13(21)15(10)23-18(20)24-16/h4-5H,3,6-8H2,1-2H3,(H,22,28). The number of fused-ring (bicyclic) bond motifs is 2. The van der Waals surface area contributed by atoms with Crippen LogP contribution in [0.1, 0.15) is 28.2 Å². The molecule has 1 N–H and O–H groups in total. The summed E-state index contributed by atoms with van der Waals surface area (Å²) in [5.74, 6) is -0.120. The molecule has 0 spiro atoms. The molecule has 4 rings (SSSR count). The Morgan fingerprint density at radius 3 is 2.86 bits per heavy atom. The molecule has 0 aliphatic carbocycles. The Morgan fingerprint density at radius 2 is 2.11 bits per heavy atom. The number of hydrogen-bond donors (Lipinski definition) is 1. The molecule has 0 radical (unpaired) electrons. The molecular formula is C18H17BrClFN6O. The minimum Gasteiger partial charge on any atom is -0.354 e. The number of nitrogens with one attached hydrogen (secondary N) is 1. The summed E-state index contributed by atoms with van der Waals surface area (Å²) in [5, 5.41) is 7.66. The lowest BCUT2D eigenvalue weighted by Gasteiger charge is -2.23. The van der Waals surface area contributed by atoms with Gasteiger partial charge in [-0.15, -0.1) is 0 Å². The van der Waals surface area contributed by atoms with E-state index in [1.54, 1.807) is 19.2 Å². The zero-order valence-electron chi connectivity index (χ0n) is 15.3. The van der Waals surface area contributed by atoms with E-state index in [2.05, 4.69) is 36.3 Å². The maximum atomic E-state index is 14.6. The van der Waals surface area contributed by atoms with Gasteiger partial charge in [0.15, 0.2) is 11.5 Å². The van der Waals surface area contributed by atoms with E-state index in [0.29, 0.717) is 41.0 Å². The molecule has 28 heavy (non-hydrogen) atoms. The van der Waals surface area contributed by atoms with Crippen molar-refractivity contribution in [2.24, 2.45) is 0 Å². The third kappa shape index (κ3) is 3.12. The average Bonchev–Trinajstić information content (AvgIpc) is 2.86. The van der Waals surface area contributed by atoms with Gasteiger partial charge in [0.2, 0.25) is 5.28 Å². The Bertz CT molecular complexity index is 1100. The van der Waals surface area contributed by atoms with Crippen LogP contribution >= 0.6 is 27.5 Å². The predicted molar refractivity (Wildman–Crippen MR) is 108 cm³/mol. The Hall–Kier alpha value is -2.26. The molecule has 1 aliphatic rings. The van der Waals surface area contributed by atoms with E-state index in [0.717, 1.165) is 17.7 Å². The molecule has 146 valence electrons. The number of hydrogen-bond acceptors (Lipinski definition) is 5. The molecule has 1 aromatic carbocycles. The molecule has 3 heterocycles. The second-order valence-electron chi connectivity index (χ2n) is 6.57. The van der Waals surface area contributed by atoms with E-state index in [-0.39, 0.29) is 16.7 Å². The van der Waals surface area contributed by atoms with Crippen molar-refractivity contribution < 1.29 is 9.18 Å². The number of aromatic nitrogens is 4. The molecule has 2 aromatic heterocycles. The fraction of sp³-hybridized carbons (Fsp3) is 0.333. The number of anilines is 1. The minimum absolute atomic E-state index is 0.0139. The molecule has 0 saturated heterocycles. The van der Waals surface area contributed by atoms with Crippen LogP contribution in [0.5, 0.6) is 0 Å². The normalized spacial score (nSPS) is 14.1. The smallest absolute Gasteiger partial charge is 0.271 e. The zero-order chi connectivity index (χ0) is 20.0. The Kier molecular flexibility index (Phi) is 4.96. The molecule has 0 saturated carbocycles. The van der Waals surface area contributed by atoms with Gasteiger partial charge in [-0.25, -0.2) is 9.37 Å². The number of amides is 1. The Morgan fingerprint density at radius 1 is 1.32 bits per heavy atom. The molecule has 0 bridgehead atoms. The van der Waals surface area contributed by atoms with Gasteiger partial charge in [0.1, 0.15) is 11.3 Å². The van der Waals surface area contributed by atoms with Gasteiger partial charge in [0.05, 0.1) is 16.7 Å². The second-order valence-corrected chi connectivity index (χ2v) is 7.76. The first kappa shape index (κ1) is 19.1. The summed E-state index contributed by atoms with van der Waals surface area (Å²) >= 11 is 9.29. The number of nitrogens with zero attached hydrogens (tertiary/aromatic N) is 5. The summed E-state index contributed by atoms with van der Waals surface area (Å²) in [6.07, 6.45) is 0.795. The van der Waals surface area contributed by atoms with E-state index in [1.807, 2.05) is 16.5 Å². The van der Waals surface area contributed by atoms with Crippen molar-refractivity contribution >= 4 is 50.2 Å². The fourth-order valence-corrected chi connectivity index (χ4v) is 3.98. The monoisotopic (exact) mass is 466 g/mol. The highest BCUT2D eigenvalue weighted by Crippen LogP contribution is 2.32. The van der Waals surface area contributed by atoms with Crippen LogP contribution in [0.4, 0.5) is 10.2 Å².